The van der Waals surface area contributed by atoms with Gasteiger partial charge in [-0.3, -0.25) is 4.79 Å². The molecule has 23 heavy (non-hydrogen) atoms. The number of carbonyl (C=O) groups excluding carboxylic acids is 1. The largest absolute Gasteiger partial charge is 0.356 e. The van der Waals surface area contributed by atoms with Crippen LogP contribution in [0.4, 0.5) is 11.6 Å². The van der Waals surface area contributed by atoms with Crippen molar-refractivity contribution in [2.75, 3.05) is 23.3 Å². The fourth-order valence-corrected chi connectivity index (χ4v) is 3.44. The molecule has 1 N–H and O–H groups in total. The van der Waals surface area contributed by atoms with Crippen molar-refractivity contribution in [2.24, 2.45) is 0 Å². The molecule has 1 aliphatic rings. The number of nitrogens with zero attached hydrogens (tertiary/aromatic N) is 4. The van der Waals surface area contributed by atoms with E-state index in [1.54, 1.807) is 11.6 Å². The minimum atomic E-state index is -0.175. The number of hydrogen-bond acceptors (Lipinski definition) is 6. The van der Waals surface area contributed by atoms with Crippen molar-refractivity contribution in [1.82, 2.24) is 15.0 Å². The van der Waals surface area contributed by atoms with Crippen LogP contribution in [0, 0.1) is 0 Å². The van der Waals surface area contributed by atoms with Crippen LogP contribution in [0.15, 0.2) is 36.1 Å². The number of benzene rings is 1. The van der Waals surface area contributed by atoms with Gasteiger partial charge in [0.2, 0.25) is 0 Å². The second kappa shape index (κ2) is 5.92. The molecule has 116 valence electrons. The summed E-state index contributed by atoms with van der Waals surface area (Å²) in [4.78, 5) is 27.3. The van der Waals surface area contributed by atoms with E-state index in [0.29, 0.717) is 11.4 Å². The van der Waals surface area contributed by atoms with Crippen LogP contribution in [0.5, 0.6) is 0 Å². The Hall–Kier alpha value is -2.54. The molecule has 3 heterocycles. The van der Waals surface area contributed by atoms with E-state index in [1.807, 2.05) is 18.2 Å². The van der Waals surface area contributed by atoms with Crippen molar-refractivity contribution in [2.45, 2.75) is 12.8 Å². The minimum Gasteiger partial charge on any atom is -0.356 e. The van der Waals surface area contributed by atoms with Gasteiger partial charge in [0.05, 0.1) is 15.7 Å². The number of fused-ring (bicyclic) bond motifs is 1. The first-order valence-corrected chi connectivity index (χ1v) is 8.39. The van der Waals surface area contributed by atoms with E-state index in [2.05, 4.69) is 25.2 Å². The van der Waals surface area contributed by atoms with Crippen molar-refractivity contribution < 1.29 is 4.79 Å². The Morgan fingerprint density at radius 2 is 2.00 bits per heavy atom. The Balaban J connectivity index is 1.54. The highest BCUT2D eigenvalue weighted by Crippen LogP contribution is 2.21. The molecule has 0 unspecified atom stereocenters. The van der Waals surface area contributed by atoms with Crippen LogP contribution in [0.3, 0.4) is 0 Å². The Morgan fingerprint density at radius 1 is 1.13 bits per heavy atom. The summed E-state index contributed by atoms with van der Waals surface area (Å²) in [6.45, 7) is 2.01. The van der Waals surface area contributed by atoms with E-state index < -0.39 is 0 Å². The van der Waals surface area contributed by atoms with Gasteiger partial charge in [-0.25, -0.2) is 15.0 Å². The van der Waals surface area contributed by atoms with Gasteiger partial charge in [0.1, 0.15) is 18.0 Å². The molecular weight excluding hydrogens is 310 g/mol. The smallest absolute Gasteiger partial charge is 0.256 e. The van der Waals surface area contributed by atoms with Crippen molar-refractivity contribution >= 4 is 39.1 Å². The molecule has 1 aromatic carbocycles. The lowest BCUT2D eigenvalue weighted by Crippen LogP contribution is -2.20. The van der Waals surface area contributed by atoms with Gasteiger partial charge in [0.15, 0.2) is 0 Å². The third-order valence-electron chi connectivity index (χ3n) is 3.92. The molecule has 0 bridgehead atoms. The van der Waals surface area contributed by atoms with Gasteiger partial charge < -0.3 is 10.2 Å². The lowest BCUT2D eigenvalue weighted by molar-refractivity contribution is 0.102. The van der Waals surface area contributed by atoms with Gasteiger partial charge in [-0.15, -0.1) is 11.3 Å². The Morgan fingerprint density at radius 3 is 2.87 bits per heavy atom. The van der Waals surface area contributed by atoms with Gasteiger partial charge >= 0.3 is 0 Å². The summed E-state index contributed by atoms with van der Waals surface area (Å²) in [7, 11) is 0. The third kappa shape index (κ3) is 2.87. The summed E-state index contributed by atoms with van der Waals surface area (Å²) in [5.41, 5.74) is 3.28. The average molecular weight is 325 g/mol. The quantitative estimate of drug-likeness (QED) is 0.801. The van der Waals surface area contributed by atoms with Crippen molar-refractivity contribution in [3.63, 3.8) is 0 Å². The van der Waals surface area contributed by atoms with E-state index in [0.717, 1.165) is 29.1 Å². The van der Waals surface area contributed by atoms with Gasteiger partial charge in [0.25, 0.3) is 5.91 Å². The Kier molecular flexibility index (Phi) is 3.63. The maximum atomic E-state index is 12.4. The van der Waals surface area contributed by atoms with Gasteiger partial charge in [-0.1, -0.05) is 0 Å². The number of hydrogen-bond donors (Lipinski definition) is 1. The summed E-state index contributed by atoms with van der Waals surface area (Å²) in [6.07, 6.45) is 3.86. The molecule has 1 amide bonds. The summed E-state index contributed by atoms with van der Waals surface area (Å²) in [5, 5.41) is 2.85. The predicted octanol–water partition coefficient (Wildman–Crippen LogP) is 2.94. The molecule has 2 aromatic heterocycles. The molecule has 6 nitrogen and oxygen atoms in total. The number of thiazole rings is 1. The summed E-state index contributed by atoms with van der Waals surface area (Å²) in [6, 6.07) is 7.32. The van der Waals surface area contributed by atoms with E-state index in [9.17, 15) is 4.79 Å². The zero-order chi connectivity index (χ0) is 15.6. The molecule has 0 saturated carbocycles. The van der Waals surface area contributed by atoms with Crippen molar-refractivity contribution in [1.29, 1.82) is 0 Å². The number of rotatable bonds is 3. The number of amides is 1. The Bertz CT molecular complexity index is 856. The molecule has 1 aliphatic heterocycles. The molecule has 0 atom stereocenters. The fraction of sp³-hybridized carbons (Fsp3) is 0.250. The number of nitrogens with one attached hydrogen (secondary N) is 1. The van der Waals surface area contributed by atoms with Gasteiger partial charge in [-0.05, 0) is 31.0 Å². The van der Waals surface area contributed by atoms with Gasteiger partial charge in [0, 0.05) is 24.7 Å². The number of carbonyl (C=O) groups is 1. The number of aromatic nitrogens is 3. The summed E-state index contributed by atoms with van der Waals surface area (Å²) >= 11 is 1.52. The van der Waals surface area contributed by atoms with Crippen LogP contribution in [-0.2, 0) is 0 Å². The normalized spacial score (nSPS) is 14.3. The Labute approximate surface area is 137 Å². The van der Waals surface area contributed by atoms with E-state index in [1.165, 1.54) is 30.5 Å². The average Bonchev–Trinajstić information content (AvgIpc) is 3.26. The molecule has 0 aliphatic carbocycles. The second-order valence-corrected chi connectivity index (χ2v) is 6.33. The highest BCUT2D eigenvalue weighted by Gasteiger charge is 2.15. The first kappa shape index (κ1) is 14.1. The van der Waals surface area contributed by atoms with Crippen LogP contribution < -0.4 is 10.2 Å². The topological polar surface area (TPSA) is 71.0 Å². The van der Waals surface area contributed by atoms with Crippen LogP contribution in [-0.4, -0.2) is 33.9 Å². The molecule has 1 fully saturated rings. The van der Waals surface area contributed by atoms with Crippen LogP contribution in [0.2, 0.25) is 0 Å². The van der Waals surface area contributed by atoms with E-state index >= 15 is 0 Å². The molecule has 7 heteroatoms. The standard InChI is InChI=1S/C16H15N5OS/c22-16(11-3-4-12-13(7-11)23-10-19-12)20-14-8-15(18-9-17-14)21-5-1-2-6-21/h3-4,7-10H,1-2,5-6H2,(H,17,18,20,22). The predicted molar refractivity (Wildman–Crippen MR) is 91.1 cm³/mol. The lowest BCUT2D eigenvalue weighted by atomic mass is 10.2. The van der Waals surface area contributed by atoms with Crippen molar-refractivity contribution in [3.05, 3.63) is 41.7 Å². The zero-order valence-corrected chi connectivity index (χ0v) is 13.2. The van der Waals surface area contributed by atoms with Gasteiger partial charge in [-0.2, -0.15) is 0 Å². The lowest BCUT2D eigenvalue weighted by Gasteiger charge is -2.16. The first-order valence-electron chi connectivity index (χ1n) is 7.51. The first-order chi connectivity index (χ1) is 11.3. The second-order valence-electron chi connectivity index (χ2n) is 5.44. The molecule has 3 aromatic rings. The fourth-order valence-electron chi connectivity index (χ4n) is 2.72. The molecule has 0 spiro atoms. The monoisotopic (exact) mass is 325 g/mol. The molecule has 4 rings (SSSR count). The minimum absolute atomic E-state index is 0.175. The van der Waals surface area contributed by atoms with Crippen molar-refractivity contribution in [3.8, 4) is 0 Å². The van der Waals surface area contributed by atoms with Crippen LogP contribution in [0.1, 0.15) is 23.2 Å². The maximum absolute atomic E-state index is 12.4. The van der Waals surface area contributed by atoms with Crippen LogP contribution >= 0.6 is 11.3 Å². The van der Waals surface area contributed by atoms with Crippen LogP contribution in [0.25, 0.3) is 10.2 Å². The molecule has 1 saturated heterocycles. The van der Waals surface area contributed by atoms with E-state index in [-0.39, 0.29) is 5.91 Å². The maximum Gasteiger partial charge on any atom is 0.256 e. The number of anilines is 2. The zero-order valence-electron chi connectivity index (χ0n) is 12.4. The SMILES string of the molecule is O=C(Nc1cc(N2CCCC2)ncn1)c1ccc2ncsc2c1. The molecule has 0 radical (unpaired) electrons. The summed E-state index contributed by atoms with van der Waals surface area (Å²) < 4.78 is 0.998. The van der Waals surface area contributed by atoms with E-state index in [4.69, 9.17) is 0 Å². The molecular formula is C16H15N5OS. The highest BCUT2D eigenvalue weighted by atomic mass is 32.1. The third-order valence-corrected chi connectivity index (χ3v) is 4.71. The highest BCUT2D eigenvalue weighted by molar-refractivity contribution is 7.16. The summed E-state index contributed by atoms with van der Waals surface area (Å²) in [5.74, 6) is 1.22.